The van der Waals surface area contributed by atoms with E-state index < -0.39 is 0 Å². The average molecular weight is 562 g/mol. The first-order valence-electron chi connectivity index (χ1n) is 11.7. The van der Waals surface area contributed by atoms with Gasteiger partial charge >= 0.3 is 0 Å². The largest absolute Gasteiger partial charge is 0.493 e. The zero-order valence-electron chi connectivity index (χ0n) is 19.7. The summed E-state index contributed by atoms with van der Waals surface area (Å²) in [6.07, 6.45) is 7.81. The molecule has 1 aromatic carbocycles. The van der Waals surface area contributed by atoms with Crippen molar-refractivity contribution in [3.05, 3.63) is 23.8 Å². The number of nitrogens with one attached hydrogen (secondary N) is 2. The molecular weight excluding hydrogens is 521 g/mol. The molecule has 1 aromatic rings. The molecule has 0 bridgehead atoms. The molecule has 8 heteroatoms. The Hall–Kier alpha value is -1.26. The maximum absolute atomic E-state index is 8.97. The number of hydrogen-bond acceptors (Lipinski definition) is 5. The summed E-state index contributed by atoms with van der Waals surface area (Å²) in [4.78, 5) is 4.84. The summed E-state index contributed by atoms with van der Waals surface area (Å²) in [5.74, 6) is 2.13. The van der Waals surface area contributed by atoms with Crippen molar-refractivity contribution in [3.8, 4) is 11.5 Å². The Morgan fingerprint density at radius 3 is 2.62 bits per heavy atom. The Balaban J connectivity index is 0.00000363. The lowest BCUT2D eigenvalue weighted by Gasteiger charge is -2.58. The molecular formula is C24H40IN3O4. The minimum Gasteiger partial charge on any atom is -0.493 e. The highest BCUT2D eigenvalue weighted by atomic mass is 127. The second kappa shape index (κ2) is 13.4. The lowest BCUT2D eigenvalue weighted by Crippen LogP contribution is -2.66. The second-order valence-electron chi connectivity index (χ2n) is 8.42. The fourth-order valence-electron chi connectivity index (χ4n) is 5.01. The van der Waals surface area contributed by atoms with Crippen molar-refractivity contribution in [2.45, 2.75) is 71.1 Å². The van der Waals surface area contributed by atoms with Crippen LogP contribution in [0.15, 0.2) is 23.2 Å². The van der Waals surface area contributed by atoms with Gasteiger partial charge in [0.2, 0.25) is 0 Å². The summed E-state index contributed by atoms with van der Waals surface area (Å²) in [5, 5.41) is 16.1. The van der Waals surface area contributed by atoms with E-state index in [1.54, 1.807) is 7.11 Å². The van der Waals surface area contributed by atoms with Crippen LogP contribution < -0.4 is 20.1 Å². The monoisotopic (exact) mass is 561 g/mol. The number of hydrogen-bond donors (Lipinski definition) is 3. The van der Waals surface area contributed by atoms with Gasteiger partial charge in [-0.3, -0.25) is 0 Å². The highest BCUT2D eigenvalue weighted by Crippen LogP contribution is 2.53. The van der Waals surface area contributed by atoms with Crippen LogP contribution in [0.25, 0.3) is 0 Å². The van der Waals surface area contributed by atoms with Gasteiger partial charge in [-0.15, -0.1) is 24.0 Å². The van der Waals surface area contributed by atoms with Gasteiger partial charge in [0.1, 0.15) is 6.61 Å². The highest BCUT2D eigenvalue weighted by Gasteiger charge is 2.55. The third-order valence-electron chi connectivity index (χ3n) is 6.59. The minimum absolute atomic E-state index is 0. The molecule has 7 nitrogen and oxygen atoms in total. The van der Waals surface area contributed by atoms with Gasteiger partial charge in [0.25, 0.3) is 0 Å². The number of aliphatic hydroxyl groups excluding tert-OH is 1. The molecule has 2 saturated carbocycles. The van der Waals surface area contributed by atoms with E-state index >= 15 is 0 Å². The van der Waals surface area contributed by atoms with Crippen LogP contribution in [0.4, 0.5) is 0 Å². The van der Waals surface area contributed by atoms with Gasteiger partial charge in [-0.25, -0.2) is 4.99 Å². The normalized spacial score (nSPS) is 21.9. The summed E-state index contributed by atoms with van der Waals surface area (Å²) in [7, 11) is 1.62. The van der Waals surface area contributed by atoms with E-state index in [1.165, 1.54) is 32.1 Å². The topological polar surface area (TPSA) is 84.3 Å². The average Bonchev–Trinajstić information content (AvgIpc) is 2.81. The van der Waals surface area contributed by atoms with Gasteiger partial charge in [-0.1, -0.05) is 25.3 Å². The molecule has 2 aliphatic rings. The lowest BCUT2D eigenvalue weighted by molar-refractivity contribution is -0.145. The number of nitrogens with zero attached hydrogens (tertiary/aromatic N) is 1. The number of ether oxygens (including phenoxy) is 3. The third kappa shape index (κ3) is 6.41. The first kappa shape index (κ1) is 27.0. The zero-order valence-corrected chi connectivity index (χ0v) is 22.0. The Morgan fingerprint density at radius 2 is 1.97 bits per heavy atom. The summed E-state index contributed by atoms with van der Waals surface area (Å²) in [6.45, 7) is 6.55. The van der Waals surface area contributed by atoms with Crippen LogP contribution in [0.5, 0.6) is 11.5 Å². The van der Waals surface area contributed by atoms with Crippen LogP contribution in [-0.2, 0) is 11.3 Å². The van der Waals surface area contributed by atoms with E-state index in [0.29, 0.717) is 30.2 Å². The molecule has 0 saturated heterocycles. The first-order chi connectivity index (χ1) is 15.2. The van der Waals surface area contributed by atoms with Crippen molar-refractivity contribution in [2.75, 3.05) is 33.5 Å². The number of guanidine groups is 1. The van der Waals surface area contributed by atoms with E-state index in [1.807, 2.05) is 18.2 Å². The van der Waals surface area contributed by atoms with Crippen LogP contribution >= 0.6 is 24.0 Å². The quantitative estimate of drug-likeness (QED) is 0.229. The van der Waals surface area contributed by atoms with E-state index in [2.05, 4.69) is 24.5 Å². The van der Waals surface area contributed by atoms with Gasteiger partial charge in [0, 0.05) is 24.6 Å². The Bertz CT molecular complexity index is 725. The number of benzene rings is 1. The summed E-state index contributed by atoms with van der Waals surface area (Å²) in [6, 6.07) is 6.21. The molecule has 182 valence electrons. The molecule has 0 amide bonds. The summed E-state index contributed by atoms with van der Waals surface area (Å²) in [5.41, 5.74) is 1.29. The highest BCUT2D eigenvalue weighted by molar-refractivity contribution is 14.0. The molecule has 2 atom stereocenters. The molecule has 2 aliphatic carbocycles. The van der Waals surface area contributed by atoms with Crippen molar-refractivity contribution < 1.29 is 19.3 Å². The zero-order chi connectivity index (χ0) is 22.1. The Kier molecular flexibility index (Phi) is 11.3. The molecule has 2 fully saturated rings. The van der Waals surface area contributed by atoms with Crippen molar-refractivity contribution in [2.24, 2.45) is 10.4 Å². The molecule has 32 heavy (non-hydrogen) atoms. The lowest BCUT2D eigenvalue weighted by atomic mass is 9.55. The van der Waals surface area contributed by atoms with Crippen LogP contribution in [-0.4, -0.2) is 56.7 Å². The van der Waals surface area contributed by atoms with Crippen LogP contribution in [0.1, 0.15) is 57.9 Å². The predicted molar refractivity (Wildman–Crippen MR) is 138 cm³/mol. The summed E-state index contributed by atoms with van der Waals surface area (Å²) >= 11 is 0. The molecule has 0 heterocycles. The molecule has 0 aliphatic heterocycles. The predicted octanol–water partition coefficient (Wildman–Crippen LogP) is 3.87. The van der Waals surface area contributed by atoms with Gasteiger partial charge in [0.15, 0.2) is 17.5 Å². The van der Waals surface area contributed by atoms with Crippen molar-refractivity contribution in [1.82, 2.24) is 10.6 Å². The number of halogens is 1. The third-order valence-corrected chi connectivity index (χ3v) is 6.59. The van der Waals surface area contributed by atoms with Gasteiger partial charge in [0.05, 0.1) is 26.4 Å². The summed E-state index contributed by atoms with van der Waals surface area (Å²) < 4.78 is 17.1. The molecule has 3 N–H and O–H groups in total. The Labute approximate surface area is 209 Å². The molecule has 1 spiro atoms. The fraction of sp³-hybridized carbons (Fsp3) is 0.708. The first-order valence-corrected chi connectivity index (χ1v) is 11.7. The second-order valence-corrected chi connectivity index (χ2v) is 8.42. The number of methoxy groups -OCH3 is 1. The van der Waals surface area contributed by atoms with Crippen molar-refractivity contribution in [1.29, 1.82) is 0 Å². The minimum atomic E-state index is -0.0280. The SMILES string of the molecule is CCNC(=NCc1ccc(OCCO)c(OC)c1)NC1CC(OCC)C12CCCCC2.I. The fourth-order valence-corrected chi connectivity index (χ4v) is 5.01. The molecule has 0 radical (unpaired) electrons. The standard InChI is InChI=1S/C24H39N3O4.HI/c1-4-25-23(26-17-18-9-10-19(31-14-13-28)20(15-18)29-3)27-21-16-22(30-5-2)24(21)11-7-6-8-12-24;/h9-10,15,21-22,28H,4-8,11-14,16-17H2,1-3H3,(H2,25,26,27);1H. The smallest absolute Gasteiger partial charge is 0.191 e. The van der Waals surface area contributed by atoms with Crippen LogP contribution in [0, 0.1) is 5.41 Å². The van der Waals surface area contributed by atoms with Gasteiger partial charge < -0.3 is 30.0 Å². The van der Waals surface area contributed by atoms with Gasteiger partial charge in [-0.05, 0) is 50.8 Å². The number of rotatable bonds is 10. The molecule has 0 aromatic heterocycles. The van der Waals surface area contributed by atoms with Gasteiger partial charge in [-0.2, -0.15) is 0 Å². The van der Waals surface area contributed by atoms with Crippen LogP contribution in [0.3, 0.4) is 0 Å². The maximum atomic E-state index is 8.97. The maximum Gasteiger partial charge on any atom is 0.191 e. The van der Waals surface area contributed by atoms with Crippen molar-refractivity contribution >= 4 is 29.9 Å². The van der Waals surface area contributed by atoms with Crippen molar-refractivity contribution in [3.63, 3.8) is 0 Å². The van der Waals surface area contributed by atoms with Crippen LogP contribution in [0.2, 0.25) is 0 Å². The van der Waals surface area contributed by atoms with E-state index in [0.717, 1.165) is 31.1 Å². The Morgan fingerprint density at radius 1 is 1.19 bits per heavy atom. The van der Waals surface area contributed by atoms with E-state index in [-0.39, 0.29) is 42.6 Å². The van der Waals surface area contributed by atoms with E-state index in [9.17, 15) is 0 Å². The molecule has 3 rings (SSSR count). The van der Waals surface area contributed by atoms with E-state index in [4.69, 9.17) is 24.3 Å². The number of aliphatic imine (C=N–C) groups is 1. The molecule has 2 unspecified atom stereocenters. The number of aliphatic hydroxyl groups is 1.